The number of alkyl halides is 3. The molecule has 1 nitrogen and oxygen atoms in total. The topological polar surface area (TPSA) is 12.0 Å². The molecule has 0 saturated carbocycles. The van der Waals surface area contributed by atoms with E-state index in [1.165, 1.54) is 42.6 Å². The van der Waals surface area contributed by atoms with Crippen LogP contribution in [0.2, 0.25) is 0 Å². The van der Waals surface area contributed by atoms with Gasteiger partial charge in [-0.15, -0.1) is 0 Å². The molecule has 0 fully saturated rings. The maximum absolute atomic E-state index is 13.9. The standard InChI is InChI=1S/C19H18F5N/c1-3-25-18(14-4-6-16(21)7-5-14)15-8-13(9-17(22)10-15)11-19(23,24)12(2)20/h3-10,12,18,25H,1,11H2,2H3/t12?,18-/m1/s1. The van der Waals surface area contributed by atoms with Crippen LogP contribution in [0.15, 0.2) is 55.2 Å². The molecule has 0 aliphatic heterocycles. The van der Waals surface area contributed by atoms with Crippen LogP contribution in [0.25, 0.3) is 0 Å². The van der Waals surface area contributed by atoms with Gasteiger partial charge in [-0.3, -0.25) is 0 Å². The van der Waals surface area contributed by atoms with Crippen LogP contribution >= 0.6 is 0 Å². The zero-order chi connectivity index (χ0) is 18.6. The van der Waals surface area contributed by atoms with Crippen molar-refractivity contribution >= 4 is 0 Å². The second-order valence-electron chi connectivity index (χ2n) is 5.80. The monoisotopic (exact) mass is 355 g/mol. The summed E-state index contributed by atoms with van der Waals surface area (Å²) in [7, 11) is 0. The summed E-state index contributed by atoms with van der Waals surface area (Å²) < 4.78 is 67.4. The molecule has 0 spiro atoms. The van der Waals surface area contributed by atoms with Crippen molar-refractivity contribution < 1.29 is 22.0 Å². The molecule has 25 heavy (non-hydrogen) atoms. The van der Waals surface area contributed by atoms with Gasteiger partial charge in [-0.25, -0.2) is 22.0 Å². The van der Waals surface area contributed by atoms with Crippen LogP contribution in [0.3, 0.4) is 0 Å². The smallest absolute Gasteiger partial charge is 0.282 e. The predicted molar refractivity (Wildman–Crippen MR) is 87.2 cm³/mol. The van der Waals surface area contributed by atoms with Crippen molar-refractivity contribution in [2.75, 3.05) is 0 Å². The molecule has 1 N–H and O–H groups in total. The number of hydrogen-bond acceptors (Lipinski definition) is 1. The van der Waals surface area contributed by atoms with E-state index in [1.807, 2.05) is 0 Å². The molecule has 6 heteroatoms. The zero-order valence-electron chi connectivity index (χ0n) is 13.6. The zero-order valence-corrected chi connectivity index (χ0v) is 13.6. The molecular weight excluding hydrogens is 337 g/mol. The normalized spacial score (nSPS) is 14.0. The molecule has 134 valence electrons. The second-order valence-corrected chi connectivity index (χ2v) is 5.80. The van der Waals surface area contributed by atoms with E-state index in [4.69, 9.17) is 0 Å². The molecule has 0 bridgehead atoms. The van der Waals surface area contributed by atoms with E-state index < -0.39 is 36.2 Å². The minimum atomic E-state index is -3.59. The van der Waals surface area contributed by atoms with Crippen LogP contribution < -0.4 is 5.32 Å². The van der Waals surface area contributed by atoms with E-state index >= 15 is 0 Å². The molecule has 0 heterocycles. The largest absolute Gasteiger partial charge is 0.381 e. The van der Waals surface area contributed by atoms with Gasteiger partial charge in [0.25, 0.3) is 5.92 Å². The first kappa shape index (κ1) is 19.0. The minimum absolute atomic E-state index is 0.0255. The van der Waals surface area contributed by atoms with Crippen molar-refractivity contribution in [1.29, 1.82) is 0 Å². The molecule has 2 aromatic carbocycles. The van der Waals surface area contributed by atoms with Crippen molar-refractivity contribution in [3.05, 3.63) is 83.6 Å². The number of halogens is 5. The Labute approximate surface area is 143 Å². The van der Waals surface area contributed by atoms with Gasteiger partial charge in [0, 0.05) is 6.42 Å². The molecule has 0 aromatic heterocycles. The first-order valence-electron chi connectivity index (χ1n) is 7.66. The van der Waals surface area contributed by atoms with E-state index in [0.717, 1.165) is 13.0 Å². The van der Waals surface area contributed by atoms with Gasteiger partial charge >= 0.3 is 0 Å². The Morgan fingerprint density at radius 1 is 1.04 bits per heavy atom. The van der Waals surface area contributed by atoms with Crippen LogP contribution in [0, 0.1) is 11.6 Å². The molecule has 2 atom stereocenters. The lowest BCUT2D eigenvalue weighted by Crippen LogP contribution is -2.30. The van der Waals surface area contributed by atoms with Gasteiger partial charge in [-0.2, -0.15) is 0 Å². The predicted octanol–water partition coefficient (Wildman–Crippen LogP) is 5.32. The van der Waals surface area contributed by atoms with Gasteiger partial charge in [0.2, 0.25) is 0 Å². The van der Waals surface area contributed by atoms with Crippen molar-refractivity contribution in [2.45, 2.75) is 31.5 Å². The lowest BCUT2D eigenvalue weighted by molar-refractivity contribution is -0.0638. The first-order chi connectivity index (χ1) is 11.7. The van der Waals surface area contributed by atoms with Crippen molar-refractivity contribution in [3.8, 4) is 0 Å². The van der Waals surface area contributed by atoms with E-state index in [2.05, 4.69) is 11.9 Å². The van der Waals surface area contributed by atoms with E-state index in [1.54, 1.807) is 0 Å². The van der Waals surface area contributed by atoms with Crippen LogP contribution in [0.4, 0.5) is 22.0 Å². The van der Waals surface area contributed by atoms with Gasteiger partial charge in [0.1, 0.15) is 11.6 Å². The van der Waals surface area contributed by atoms with Gasteiger partial charge in [0.05, 0.1) is 6.04 Å². The summed E-state index contributed by atoms with van der Waals surface area (Å²) in [6, 6.07) is 8.39. The van der Waals surface area contributed by atoms with Gasteiger partial charge in [0.15, 0.2) is 6.17 Å². The summed E-state index contributed by atoms with van der Waals surface area (Å²) in [5.74, 6) is -4.74. The summed E-state index contributed by atoms with van der Waals surface area (Å²) in [5, 5.41) is 2.89. The average molecular weight is 355 g/mol. The highest BCUT2D eigenvalue weighted by Crippen LogP contribution is 2.29. The Balaban J connectivity index is 2.41. The summed E-state index contributed by atoms with van der Waals surface area (Å²) in [4.78, 5) is 0. The summed E-state index contributed by atoms with van der Waals surface area (Å²) in [6.45, 7) is 4.31. The number of nitrogens with one attached hydrogen (secondary N) is 1. The molecule has 2 aromatic rings. The van der Waals surface area contributed by atoms with E-state index in [9.17, 15) is 22.0 Å². The summed E-state index contributed by atoms with van der Waals surface area (Å²) >= 11 is 0. The maximum Gasteiger partial charge on any atom is 0.282 e. The Kier molecular flexibility index (Phi) is 5.82. The summed E-state index contributed by atoms with van der Waals surface area (Å²) in [6.07, 6.45) is -1.89. The third kappa shape index (κ3) is 4.81. The summed E-state index contributed by atoms with van der Waals surface area (Å²) in [5.41, 5.74) is 0.926. The molecule has 1 unspecified atom stereocenters. The van der Waals surface area contributed by atoms with Gasteiger partial charge < -0.3 is 5.32 Å². The number of hydrogen-bond donors (Lipinski definition) is 1. The number of benzene rings is 2. The van der Waals surface area contributed by atoms with E-state index in [-0.39, 0.29) is 5.56 Å². The Bertz CT molecular complexity index is 725. The fraction of sp³-hybridized carbons (Fsp3) is 0.263. The van der Waals surface area contributed by atoms with Crippen LogP contribution in [0.1, 0.15) is 29.7 Å². The van der Waals surface area contributed by atoms with Crippen LogP contribution in [-0.2, 0) is 6.42 Å². The molecule has 0 amide bonds. The maximum atomic E-state index is 13.9. The highest BCUT2D eigenvalue weighted by Gasteiger charge is 2.37. The highest BCUT2D eigenvalue weighted by atomic mass is 19.3. The van der Waals surface area contributed by atoms with Crippen molar-refractivity contribution in [3.63, 3.8) is 0 Å². The number of rotatable bonds is 7. The molecule has 0 aliphatic carbocycles. The molecular formula is C19H18F5N. The third-order valence-corrected chi connectivity index (χ3v) is 3.82. The lowest BCUT2D eigenvalue weighted by atomic mass is 9.94. The molecule has 0 saturated heterocycles. The lowest BCUT2D eigenvalue weighted by Gasteiger charge is -2.21. The van der Waals surface area contributed by atoms with Crippen molar-refractivity contribution in [2.24, 2.45) is 0 Å². The van der Waals surface area contributed by atoms with Crippen molar-refractivity contribution in [1.82, 2.24) is 5.32 Å². The highest BCUT2D eigenvalue weighted by molar-refractivity contribution is 5.36. The fourth-order valence-corrected chi connectivity index (χ4v) is 2.51. The molecule has 2 rings (SSSR count). The van der Waals surface area contributed by atoms with Gasteiger partial charge in [-0.1, -0.05) is 24.8 Å². The average Bonchev–Trinajstić information content (AvgIpc) is 2.52. The van der Waals surface area contributed by atoms with Gasteiger partial charge in [-0.05, 0) is 54.1 Å². The Morgan fingerprint density at radius 3 is 2.24 bits per heavy atom. The Hall–Kier alpha value is -2.37. The first-order valence-corrected chi connectivity index (χ1v) is 7.66. The second kappa shape index (κ2) is 7.68. The quantitative estimate of drug-likeness (QED) is 0.663. The SMILES string of the molecule is C=CN[C@H](c1ccc(F)cc1)c1cc(F)cc(CC(F)(F)C(C)F)c1. The molecule has 0 radical (unpaired) electrons. The van der Waals surface area contributed by atoms with Crippen LogP contribution in [-0.4, -0.2) is 12.1 Å². The van der Waals surface area contributed by atoms with Crippen LogP contribution in [0.5, 0.6) is 0 Å². The fourth-order valence-electron chi connectivity index (χ4n) is 2.51. The molecule has 0 aliphatic rings. The van der Waals surface area contributed by atoms with E-state index in [0.29, 0.717) is 11.1 Å². The third-order valence-electron chi connectivity index (χ3n) is 3.82. The Morgan fingerprint density at radius 2 is 1.68 bits per heavy atom. The minimum Gasteiger partial charge on any atom is -0.381 e.